The summed E-state index contributed by atoms with van der Waals surface area (Å²) in [7, 11) is 0. The van der Waals surface area contributed by atoms with Gasteiger partial charge in [0.25, 0.3) is 5.91 Å². The van der Waals surface area contributed by atoms with Gasteiger partial charge in [-0.3, -0.25) is 4.79 Å². The highest BCUT2D eigenvalue weighted by atomic mass is 19.1. The van der Waals surface area contributed by atoms with Crippen molar-refractivity contribution in [2.75, 3.05) is 37.0 Å². The number of hydrogen-bond donors (Lipinski definition) is 3. The van der Waals surface area contributed by atoms with Crippen LogP contribution in [0.25, 0.3) is 0 Å². The van der Waals surface area contributed by atoms with Crippen molar-refractivity contribution in [1.29, 1.82) is 0 Å². The lowest BCUT2D eigenvalue weighted by molar-refractivity contribution is 0.0992. The Morgan fingerprint density at radius 1 is 1.17 bits per heavy atom. The van der Waals surface area contributed by atoms with Gasteiger partial charge in [0.1, 0.15) is 11.6 Å². The molecule has 1 aromatic heterocycles. The first-order chi connectivity index (χ1) is 11.2. The van der Waals surface area contributed by atoms with E-state index in [1.54, 1.807) is 12.1 Å². The Balaban J connectivity index is 1.82. The van der Waals surface area contributed by atoms with Crippen molar-refractivity contribution in [3.05, 3.63) is 54.0 Å². The number of nitrogens with one attached hydrogen (secondary N) is 2. The molecule has 1 amide bonds. The van der Waals surface area contributed by atoms with Gasteiger partial charge < -0.3 is 20.5 Å². The predicted molar refractivity (Wildman–Crippen MR) is 85.0 cm³/mol. The van der Waals surface area contributed by atoms with Crippen LogP contribution in [0.3, 0.4) is 0 Å². The first kappa shape index (κ1) is 16.9. The molecule has 0 bridgehead atoms. The lowest BCUT2D eigenvalue weighted by atomic mass is 10.2. The summed E-state index contributed by atoms with van der Waals surface area (Å²) in [6.07, 6.45) is 1.53. The molecule has 2 aromatic rings. The lowest BCUT2D eigenvalue weighted by Crippen LogP contribution is -2.13. The normalized spacial score (nSPS) is 10.3. The monoisotopic (exact) mass is 319 g/mol. The molecule has 23 heavy (non-hydrogen) atoms. The van der Waals surface area contributed by atoms with Gasteiger partial charge in [0.2, 0.25) is 0 Å². The number of benzene rings is 1. The standard InChI is InChI=1S/C16H18FN3O3/c17-13-3-1-12(2-4-13)16(22)20-14-5-6-15(19-11-14)18-7-9-23-10-8-21/h1-6,11,21H,7-10H2,(H,18,19)(H,20,22). The molecule has 0 radical (unpaired) electrons. The van der Waals surface area contributed by atoms with Crippen LogP contribution < -0.4 is 10.6 Å². The van der Waals surface area contributed by atoms with E-state index in [0.717, 1.165) is 0 Å². The molecule has 0 saturated carbocycles. The zero-order valence-corrected chi connectivity index (χ0v) is 12.5. The Bertz CT molecular complexity index is 617. The number of nitrogens with zero attached hydrogens (tertiary/aromatic N) is 1. The second-order valence-electron chi connectivity index (χ2n) is 4.66. The number of carbonyl (C=O) groups excluding carboxylic acids is 1. The van der Waals surface area contributed by atoms with Crippen LogP contribution >= 0.6 is 0 Å². The van der Waals surface area contributed by atoms with Gasteiger partial charge in [-0.15, -0.1) is 0 Å². The molecule has 0 unspecified atom stereocenters. The van der Waals surface area contributed by atoms with E-state index in [-0.39, 0.29) is 18.3 Å². The van der Waals surface area contributed by atoms with Gasteiger partial charge in [-0.25, -0.2) is 9.37 Å². The van der Waals surface area contributed by atoms with Gasteiger partial charge in [-0.05, 0) is 36.4 Å². The van der Waals surface area contributed by atoms with Crippen LogP contribution in [0, 0.1) is 5.82 Å². The number of aliphatic hydroxyl groups excluding tert-OH is 1. The Labute approximate surface area is 133 Å². The molecule has 0 atom stereocenters. The second kappa shape index (κ2) is 8.82. The van der Waals surface area contributed by atoms with Crippen molar-refractivity contribution >= 4 is 17.4 Å². The molecule has 0 aliphatic rings. The number of halogens is 1. The number of rotatable bonds is 8. The van der Waals surface area contributed by atoms with Crippen LogP contribution in [0.2, 0.25) is 0 Å². The molecule has 3 N–H and O–H groups in total. The number of carbonyl (C=O) groups is 1. The number of hydrogen-bond acceptors (Lipinski definition) is 5. The van der Waals surface area contributed by atoms with E-state index < -0.39 is 0 Å². The van der Waals surface area contributed by atoms with Crippen molar-refractivity contribution in [1.82, 2.24) is 4.98 Å². The highest BCUT2D eigenvalue weighted by Gasteiger charge is 2.06. The average Bonchev–Trinajstić information content (AvgIpc) is 2.57. The maximum atomic E-state index is 12.8. The Morgan fingerprint density at radius 2 is 1.96 bits per heavy atom. The molecule has 1 heterocycles. The predicted octanol–water partition coefficient (Wildman–Crippen LogP) is 1.89. The van der Waals surface area contributed by atoms with E-state index in [0.29, 0.717) is 36.8 Å². The van der Waals surface area contributed by atoms with E-state index in [9.17, 15) is 9.18 Å². The van der Waals surface area contributed by atoms with Crippen LogP contribution in [-0.2, 0) is 4.74 Å². The van der Waals surface area contributed by atoms with Gasteiger partial charge in [0.05, 0.1) is 31.7 Å². The van der Waals surface area contributed by atoms with Gasteiger partial charge >= 0.3 is 0 Å². The van der Waals surface area contributed by atoms with Crippen LogP contribution in [0.4, 0.5) is 15.9 Å². The van der Waals surface area contributed by atoms with Crippen molar-refractivity contribution in [2.45, 2.75) is 0 Å². The molecule has 1 aromatic carbocycles. The van der Waals surface area contributed by atoms with Crippen LogP contribution in [0.15, 0.2) is 42.6 Å². The number of anilines is 2. The van der Waals surface area contributed by atoms with Crippen molar-refractivity contribution in [2.24, 2.45) is 0 Å². The van der Waals surface area contributed by atoms with Crippen molar-refractivity contribution in [3.8, 4) is 0 Å². The summed E-state index contributed by atoms with van der Waals surface area (Å²) in [6.45, 7) is 1.34. The third kappa shape index (κ3) is 5.65. The Kier molecular flexibility index (Phi) is 6.46. The zero-order valence-electron chi connectivity index (χ0n) is 12.5. The van der Waals surface area contributed by atoms with Crippen LogP contribution in [0.5, 0.6) is 0 Å². The smallest absolute Gasteiger partial charge is 0.255 e. The van der Waals surface area contributed by atoms with Gasteiger partial charge in [0, 0.05) is 12.1 Å². The first-order valence-electron chi connectivity index (χ1n) is 7.14. The fourth-order valence-electron chi connectivity index (χ4n) is 1.79. The molecule has 0 saturated heterocycles. The minimum Gasteiger partial charge on any atom is -0.394 e. The quantitative estimate of drug-likeness (QED) is 0.647. The topological polar surface area (TPSA) is 83.5 Å². The molecule has 0 aliphatic carbocycles. The Hall–Kier alpha value is -2.51. The number of amides is 1. The highest BCUT2D eigenvalue weighted by Crippen LogP contribution is 2.11. The number of ether oxygens (including phenoxy) is 1. The molecule has 0 aliphatic heterocycles. The molecular formula is C16H18FN3O3. The average molecular weight is 319 g/mol. The minimum atomic E-state index is -0.387. The third-order valence-corrected chi connectivity index (χ3v) is 2.92. The fraction of sp³-hybridized carbons (Fsp3) is 0.250. The highest BCUT2D eigenvalue weighted by molar-refractivity contribution is 6.04. The van der Waals surface area contributed by atoms with Crippen LogP contribution in [0.1, 0.15) is 10.4 Å². The number of aromatic nitrogens is 1. The van der Waals surface area contributed by atoms with Gasteiger partial charge in [0.15, 0.2) is 0 Å². The van der Waals surface area contributed by atoms with Crippen LogP contribution in [-0.4, -0.2) is 42.4 Å². The molecule has 0 spiro atoms. The van der Waals surface area contributed by atoms with E-state index in [4.69, 9.17) is 9.84 Å². The molecule has 7 heteroatoms. The summed E-state index contributed by atoms with van der Waals surface area (Å²) in [4.78, 5) is 16.1. The lowest BCUT2D eigenvalue weighted by Gasteiger charge is -2.08. The van der Waals surface area contributed by atoms with E-state index in [1.165, 1.54) is 30.5 Å². The summed E-state index contributed by atoms with van der Waals surface area (Å²) in [5.74, 6) is -0.0658. The summed E-state index contributed by atoms with van der Waals surface area (Å²) in [5.41, 5.74) is 0.913. The zero-order chi connectivity index (χ0) is 16.5. The minimum absolute atomic E-state index is 0.000695. The van der Waals surface area contributed by atoms with Crippen molar-refractivity contribution in [3.63, 3.8) is 0 Å². The third-order valence-electron chi connectivity index (χ3n) is 2.92. The summed E-state index contributed by atoms with van der Waals surface area (Å²) in [6, 6.07) is 8.75. The molecule has 2 rings (SSSR count). The molecular weight excluding hydrogens is 301 g/mol. The van der Waals surface area contributed by atoms with Crippen molar-refractivity contribution < 1.29 is 19.0 Å². The summed E-state index contributed by atoms with van der Waals surface area (Å²) < 4.78 is 17.9. The summed E-state index contributed by atoms with van der Waals surface area (Å²) >= 11 is 0. The number of pyridine rings is 1. The van der Waals surface area contributed by atoms with Gasteiger partial charge in [-0.1, -0.05) is 0 Å². The fourth-order valence-corrected chi connectivity index (χ4v) is 1.79. The van der Waals surface area contributed by atoms with Gasteiger partial charge in [-0.2, -0.15) is 0 Å². The maximum Gasteiger partial charge on any atom is 0.255 e. The largest absolute Gasteiger partial charge is 0.394 e. The number of aliphatic hydroxyl groups is 1. The van der Waals surface area contributed by atoms with E-state index in [1.807, 2.05) is 0 Å². The molecule has 122 valence electrons. The second-order valence-corrected chi connectivity index (χ2v) is 4.66. The molecule has 6 nitrogen and oxygen atoms in total. The summed E-state index contributed by atoms with van der Waals surface area (Å²) in [5, 5.41) is 14.3. The maximum absolute atomic E-state index is 12.8. The Morgan fingerprint density at radius 3 is 2.61 bits per heavy atom. The van der Waals surface area contributed by atoms with E-state index >= 15 is 0 Å². The van der Waals surface area contributed by atoms with E-state index in [2.05, 4.69) is 15.6 Å². The first-order valence-corrected chi connectivity index (χ1v) is 7.14. The SMILES string of the molecule is O=C(Nc1ccc(NCCOCCO)nc1)c1ccc(F)cc1. The molecule has 0 fully saturated rings.